The molecule has 0 saturated heterocycles. The minimum absolute atomic E-state index is 0.0710. The minimum atomic E-state index is -0.278. The second kappa shape index (κ2) is 6.95. The Bertz CT molecular complexity index is 430. The summed E-state index contributed by atoms with van der Waals surface area (Å²) in [5.41, 5.74) is 1.13. The molecule has 4 nitrogen and oxygen atoms in total. The summed E-state index contributed by atoms with van der Waals surface area (Å²) in [6.45, 7) is 3.88. The summed E-state index contributed by atoms with van der Waals surface area (Å²) < 4.78 is 10.8. The van der Waals surface area contributed by atoms with Crippen LogP contribution in [0.5, 0.6) is 0 Å². The van der Waals surface area contributed by atoms with Crippen molar-refractivity contribution < 1.29 is 14.3 Å². The summed E-state index contributed by atoms with van der Waals surface area (Å²) in [6.07, 6.45) is 3.59. The number of hydrogen-bond acceptors (Lipinski definition) is 3. The van der Waals surface area contributed by atoms with Crippen LogP contribution in [0.15, 0.2) is 42.5 Å². The van der Waals surface area contributed by atoms with Crippen molar-refractivity contribution in [2.24, 2.45) is 0 Å². The van der Waals surface area contributed by atoms with E-state index >= 15 is 0 Å². The third-order valence-corrected chi connectivity index (χ3v) is 2.91. The number of amides is 1. The van der Waals surface area contributed by atoms with Gasteiger partial charge in [0.2, 0.25) is 0 Å². The van der Waals surface area contributed by atoms with E-state index in [9.17, 15) is 4.79 Å². The van der Waals surface area contributed by atoms with Gasteiger partial charge in [-0.15, -0.1) is 0 Å². The summed E-state index contributed by atoms with van der Waals surface area (Å²) in [5, 5.41) is 0. The van der Waals surface area contributed by atoms with Gasteiger partial charge in [-0.1, -0.05) is 42.5 Å². The van der Waals surface area contributed by atoms with E-state index in [0.717, 1.165) is 5.56 Å². The first-order valence-corrected chi connectivity index (χ1v) is 6.53. The molecule has 0 spiro atoms. The van der Waals surface area contributed by atoms with Crippen molar-refractivity contribution in [3.63, 3.8) is 0 Å². The molecule has 102 valence electrons. The largest absolute Gasteiger partial charge is 0.450 e. The molecule has 0 saturated carbocycles. The summed E-state index contributed by atoms with van der Waals surface area (Å²) in [6, 6.07) is 10.00. The number of benzene rings is 1. The monoisotopic (exact) mass is 261 g/mol. The lowest BCUT2D eigenvalue weighted by Crippen LogP contribution is -2.41. The number of carbonyl (C=O) groups excluding carboxylic acids is 1. The van der Waals surface area contributed by atoms with Crippen LogP contribution in [0.3, 0.4) is 0 Å². The van der Waals surface area contributed by atoms with Crippen molar-refractivity contribution in [3.8, 4) is 0 Å². The number of carbonyl (C=O) groups is 1. The first kappa shape index (κ1) is 13.6. The zero-order chi connectivity index (χ0) is 13.5. The molecule has 1 atom stereocenters. The molecule has 0 N–H and O–H groups in total. The molecule has 19 heavy (non-hydrogen) atoms. The summed E-state index contributed by atoms with van der Waals surface area (Å²) in [7, 11) is 0. The summed E-state index contributed by atoms with van der Waals surface area (Å²) in [5.74, 6) is 0. The molecule has 0 bridgehead atoms. The number of rotatable bonds is 4. The number of hydrogen-bond donors (Lipinski definition) is 0. The highest BCUT2D eigenvalue weighted by atomic mass is 16.6. The maximum absolute atomic E-state index is 11.6. The van der Waals surface area contributed by atoms with Crippen LogP contribution in [-0.4, -0.2) is 36.8 Å². The lowest BCUT2D eigenvalue weighted by atomic mass is 10.2. The molecule has 1 amide bonds. The zero-order valence-electron chi connectivity index (χ0n) is 11.1. The molecule has 0 aromatic heterocycles. The highest BCUT2D eigenvalue weighted by Crippen LogP contribution is 2.10. The Kier molecular flexibility index (Phi) is 4.98. The molecule has 1 aliphatic heterocycles. The van der Waals surface area contributed by atoms with Crippen molar-refractivity contribution in [3.05, 3.63) is 48.0 Å². The Morgan fingerprint density at radius 3 is 2.89 bits per heavy atom. The van der Waals surface area contributed by atoms with E-state index in [4.69, 9.17) is 9.47 Å². The molecule has 0 fully saturated rings. The maximum Gasteiger partial charge on any atom is 0.410 e. The van der Waals surface area contributed by atoms with Crippen LogP contribution in [0.25, 0.3) is 0 Å². The van der Waals surface area contributed by atoms with Crippen LogP contribution in [0.2, 0.25) is 0 Å². The Morgan fingerprint density at radius 1 is 1.37 bits per heavy atom. The first-order valence-electron chi connectivity index (χ1n) is 6.53. The SMILES string of the molecule is CCOC(=O)N1CC=CC(OCc2ccccc2)C1. The summed E-state index contributed by atoms with van der Waals surface area (Å²) in [4.78, 5) is 13.3. The molecule has 0 radical (unpaired) electrons. The fraction of sp³-hybridized carbons (Fsp3) is 0.400. The summed E-state index contributed by atoms with van der Waals surface area (Å²) >= 11 is 0. The third-order valence-electron chi connectivity index (χ3n) is 2.91. The molecule has 0 aliphatic carbocycles. The van der Waals surface area contributed by atoms with Crippen molar-refractivity contribution in [1.29, 1.82) is 0 Å². The molecule has 1 aliphatic rings. The molecule has 1 aromatic carbocycles. The maximum atomic E-state index is 11.6. The highest BCUT2D eigenvalue weighted by molar-refractivity contribution is 5.68. The van der Waals surface area contributed by atoms with E-state index in [1.165, 1.54) is 0 Å². The Hall–Kier alpha value is -1.81. The molecular weight excluding hydrogens is 242 g/mol. The number of nitrogens with zero attached hydrogens (tertiary/aromatic N) is 1. The van der Waals surface area contributed by atoms with Crippen LogP contribution >= 0.6 is 0 Å². The second-order valence-electron chi connectivity index (χ2n) is 4.37. The topological polar surface area (TPSA) is 38.8 Å². The Balaban J connectivity index is 1.83. The van der Waals surface area contributed by atoms with Gasteiger partial charge in [-0.3, -0.25) is 0 Å². The van der Waals surface area contributed by atoms with Crippen molar-refractivity contribution in [2.45, 2.75) is 19.6 Å². The van der Waals surface area contributed by atoms with Gasteiger partial charge in [-0.25, -0.2) is 4.79 Å². The van der Waals surface area contributed by atoms with E-state index < -0.39 is 0 Å². The van der Waals surface area contributed by atoms with Gasteiger partial charge in [0, 0.05) is 6.54 Å². The van der Waals surface area contributed by atoms with Crippen molar-refractivity contribution >= 4 is 6.09 Å². The van der Waals surface area contributed by atoms with Crippen LogP contribution in [-0.2, 0) is 16.1 Å². The van der Waals surface area contributed by atoms with Gasteiger partial charge in [0.15, 0.2) is 0 Å². The Morgan fingerprint density at radius 2 is 2.16 bits per heavy atom. The van der Waals surface area contributed by atoms with E-state index in [1.54, 1.807) is 11.8 Å². The lowest BCUT2D eigenvalue weighted by molar-refractivity contribution is 0.0351. The van der Waals surface area contributed by atoms with Crippen molar-refractivity contribution in [1.82, 2.24) is 4.90 Å². The number of ether oxygens (including phenoxy) is 2. The molecule has 4 heteroatoms. The van der Waals surface area contributed by atoms with Gasteiger partial charge in [0.25, 0.3) is 0 Å². The first-order chi connectivity index (χ1) is 9.29. The Labute approximate surface area is 113 Å². The van der Waals surface area contributed by atoms with Gasteiger partial charge >= 0.3 is 6.09 Å². The minimum Gasteiger partial charge on any atom is -0.450 e. The van der Waals surface area contributed by atoms with Gasteiger partial charge in [0.05, 0.1) is 25.9 Å². The average molecular weight is 261 g/mol. The lowest BCUT2D eigenvalue weighted by Gasteiger charge is -2.28. The van der Waals surface area contributed by atoms with Crippen LogP contribution in [0.4, 0.5) is 4.79 Å². The van der Waals surface area contributed by atoms with Gasteiger partial charge in [-0.2, -0.15) is 0 Å². The smallest absolute Gasteiger partial charge is 0.410 e. The van der Waals surface area contributed by atoms with Crippen molar-refractivity contribution in [2.75, 3.05) is 19.7 Å². The predicted molar refractivity (Wildman–Crippen MR) is 72.8 cm³/mol. The molecule has 1 aromatic rings. The predicted octanol–water partition coefficient (Wildman–Crippen LogP) is 2.60. The van der Waals surface area contributed by atoms with E-state index in [2.05, 4.69) is 0 Å². The standard InChI is InChI=1S/C15H19NO3/c1-2-18-15(17)16-10-6-9-14(11-16)19-12-13-7-4-3-5-8-13/h3-9,14H,2,10-12H2,1H3. The average Bonchev–Trinajstić information content (AvgIpc) is 2.47. The molecule has 1 unspecified atom stereocenters. The van der Waals surface area contributed by atoms with E-state index in [1.807, 2.05) is 42.5 Å². The van der Waals surface area contributed by atoms with Gasteiger partial charge in [-0.05, 0) is 12.5 Å². The second-order valence-corrected chi connectivity index (χ2v) is 4.37. The van der Waals surface area contributed by atoms with E-state index in [-0.39, 0.29) is 12.2 Å². The van der Waals surface area contributed by atoms with Crippen LogP contribution < -0.4 is 0 Å². The molecular formula is C15H19NO3. The highest BCUT2D eigenvalue weighted by Gasteiger charge is 2.21. The fourth-order valence-corrected chi connectivity index (χ4v) is 1.94. The van der Waals surface area contributed by atoms with Gasteiger partial charge < -0.3 is 14.4 Å². The molecule has 2 rings (SSSR count). The zero-order valence-corrected chi connectivity index (χ0v) is 11.1. The fourth-order valence-electron chi connectivity index (χ4n) is 1.94. The van der Waals surface area contributed by atoms with E-state index in [0.29, 0.717) is 26.3 Å². The quantitative estimate of drug-likeness (QED) is 0.782. The van der Waals surface area contributed by atoms with Crippen LogP contribution in [0, 0.1) is 0 Å². The van der Waals surface area contributed by atoms with Crippen LogP contribution in [0.1, 0.15) is 12.5 Å². The molecule has 1 heterocycles. The normalized spacial score (nSPS) is 18.4. The third kappa shape index (κ3) is 4.10. The van der Waals surface area contributed by atoms with Gasteiger partial charge in [0.1, 0.15) is 0 Å².